The molecule has 3 aromatic rings. The Balaban J connectivity index is 1.62. The first kappa shape index (κ1) is 19.6. The summed E-state index contributed by atoms with van der Waals surface area (Å²) in [5, 5.41) is 10.1. The van der Waals surface area contributed by atoms with Gasteiger partial charge in [0.15, 0.2) is 0 Å². The van der Waals surface area contributed by atoms with Gasteiger partial charge in [-0.25, -0.2) is 17.5 Å². The van der Waals surface area contributed by atoms with E-state index in [1.165, 1.54) is 12.1 Å². The topological polar surface area (TPSA) is 88.4 Å². The zero-order valence-corrected chi connectivity index (χ0v) is 16.5. The summed E-state index contributed by atoms with van der Waals surface area (Å²) in [5.41, 5.74) is 3.11. The SMILES string of the molecule is O=C(O)CCn1c2c(c3ccccc31)C[C@@H](NS(=O)(=O)c1ccc(F)cc1)CC2. The van der Waals surface area contributed by atoms with Crippen molar-refractivity contribution in [1.82, 2.24) is 9.29 Å². The van der Waals surface area contributed by atoms with E-state index in [1.54, 1.807) is 0 Å². The highest BCUT2D eigenvalue weighted by Crippen LogP contribution is 2.33. The number of carboxylic acid groups (broad SMARTS) is 1. The van der Waals surface area contributed by atoms with Crippen molar-refractivity contribution in [2.45, 2.75) is 43.2 Å². The summed E-state index contributed by atoms with van der Waals surface area (Å²) in [6, 6.07) is 12.3. The third-order valence-electron chi connectivity index (χ3n) is 5.37. The van der Waals surface area contributed by atoms with Gasteiger partial charge >= 0.3 is 5.97 Å². The van der Waals surface area contributed by atoms with Crippen molar-refractivity contribution in [3.05, 3.63) is 65.6 Å². The molecule has 1 aromatic heterocycles. The third kappa shape index (κ3) is 3.90. The summed E-state index contributed by atoms with van der Waals surface area (Å²) in [6.45, 7) is 0.386. The van der Waals surface area contributed by atoms with Crippen LogP contribution in [0.1, 0.15) is 24.1 Å². The summed E-state index contributed by atoms with van der Waals surface area (Å²) in [7, 11) is -3.75. The maximum atomic E-state index is 13.1. The van der Waals surface area contributed by atoms with Crippen molar-refractivity contribution in [3.8, 4) is 0 Å². The van der Waals surface area contributed by atoms with Crippen LogP contribution in [-0.2, 0) is 34.2 Å². The predicted octanol–water partition coefficient (Wildman–Crippen LogP) is 3.09. The van der Waals surface area contributed by atoms with Gasteiger partial charge in [-0.2, -0.15) is 0 Å². The highest BCUT2D eigenvalue weighted by molar-refractivity contribution is 7.89. The number of benzene rings is 2. The number of aliphatic carboxylic acids is 1. The van der Waals surface area contributed by atoms with Gasteiger partial charge in [-0.15, -0.1) is 0 Å². The average molecular weight is 416 g/mol. The lowest BCUT2D eigenvalue weighted by atomic mass is 9.92. The Kier molecular flexibility index (Phi) is 5.14. The second-order valence-electron chi connectivity index (χ2n) is 7.25. The fraction of sp³-hybridized carbons (Fsp3) is 0.286. The minimum Gasteiger partial charge on any atom is -0.481 e. The van der Waals surface area contributed by atoms with Gasteiger partial charge in [-0.1, -0.05) is 18.2 Å². The first-order valence-corrected chi connectivity index (χ1v) is 10.9. The molecular formula is C21H21FN2O4S. The molecule has 0 spiro atoms. The Labute approximate surface area is 168 Å². The van der Waals surface area contributed by atoms with Crippen LogP contribution in [0, 0.1) is 5.82 Å². The smallest absolute Gasteiger partial charge is 0.305 e. The first-order chi connectivity index (χ1) is 13.8. The summed E-state index contributed by atoms with van der Waals surface area (Å²) < 4.78 is 43.2. The number of nitrogens with one attached hydrogen (secondary N) is 1. The second kappa shape index (κ2) is 7.61. The maximum Gasteiger partial charge on any atom is 0.305 e. The molecule has 0 amide bonds. The monoisotopic (exact) mass is 416 g/mol. The summed E-state index contributed by atoms with van der Waals surface area (Å²) in [5.74, 6) is -1.34. The van der Waals surface area contributed by atoms with Crippen molar-refractivity contribution in [2.75, 3.05) is 0 Å². The zero-order valence-electron chi connectivity index (χ0n) is 15.6. The molecule has 0 unspecified atom stereocenters. The number of carbonyl (C=O) groups is 1. The van der Waals surface area contributed by atoms with Crippen LogP contribution in [-0.4, -0.2) is 30.1 Å². The molecule has 0 saturated heterocycles. The molecule has 1 atom stereocenters. The molecular weight excluding hydrogens is 395 g/mol. The Morgan fingerprint density at radius 1 is 1.17 bits per heavy atom. The van der Waals surface area contributed by atoms with Gasteiger partial charge in [0.05, 0.1) is 11.3 Å². The third-order valence-corrected chi connectivity index (χ3v) is 6.91. The lowest BCUT2D eigenvalue weighted by molar-refractivity contribution is -0.137. The van der Waals surface area contributed by atoms with Crippen molar-refractivity contribution in [1.29, 1.82) is 0 Å². The van der Waals surface area contributed by atoms with Crippen molar-refractivity contribution in [3.63, 3.8) is 0 Å². The number of aromatic nitrogens is 1. The number of fused-ring (bicyclic) bond motifs is 3. The van der Waals surface area contributed by atoms with Gasteiger partial charge in [0.2, 0.25) is 10.0 Å². The van der Waals surface area contributed by atoms with E-state index in [2.05, 4.69) is 4.72 Å². The standard InChI is InChI=1S/C21H21FN2O4S/c22-14-5-8-16(9-6-14)29(27,28)23-15-7-10-20-18(13-15)17-3-1-2-4-19(17)24(20)12-11-21(25)26/h1-6,8-9,15,23H,7,10-13H2,(H,25,26)/t15-/m0/s1. The number of para-hydroxylation sites is 1. The Hall–Kier alpha value is -2.71. The van der Waals surface area contributed by atoms with Crippen LogP contribution in [0.3, 0.4) is 0 Å². The van der Waals surface area contributed by atoms with E-state index in [4.69, 9.17) is 5.11 Å². The van der Waals surface area contributed by atoms with Crippen LogP contribution < -0.4 is 4.72 Å². The van der Waals surface area contributed by atoms with Crippen molar-refractivity contribution < 1.29 is 22.7 Å². The van der Waals surface area contributed by atoms with Crippen LogP contribution >= 0.6 is 0 Å². The van der Waals surface area contributed by atoms with E-state index < -0.39 is 21.8 Å². The fourth-order valence-corrected chi connectivity index (χ4v) is 5.34. The minimum absolute atomic E-state index is 0.0335. The highest BCUT2D eigenvalue weighted by atomic mass is 32.2. The molecule has 152 valence electrons. The molecule has 1 aliphatic carbocycles. The molecule has 29 heavy (non-hydrogen) atoms. The van der Waals surface area contributed by atoms with Gasteiger partial charge in [0, 0.05) is 29.2 Å². The molecule has 2 aromatic carbocycles. The Morgan fingerprint density at radius 2 is 1.90 bits per heavy atom. The highest BCUT2D eigenvalue weighted by Gasteiger charge is 2.28. The first-order valence-electron chi connectivity index (χ1n) is 9.44. The van der Waals surface area contributed by atoms with Gasteiger partial charge in [-0.3, -0.25) is 4.79 Å². The van der Waals surface area contributed by atoms with Crippen molar-refractivity contribution in [2.24, 2.45) is 0 Å². The van der Waals surface area contributed by atoms with Crippen LogP contribution in [0.15, 0.2) is 53.4 Å². The Bertz CT molecular complexity index is 1170. The van der Waals surface area contributed by atoms with Crippen LogP contribution in [0.5, 0.6) is 0 Å². The number of hydrogen-bond acceptors (Lipinski definition) is 3. The number of carboxylic acids is 1. The van der Waals surface area contributed by atoms with Crippen LogP contribution in [0.2, 0.25) is 0 Å². The maximum absolute atomic E-state index is 13.1. The summed E-state index contributed by atoms with van der Waals surface area (Å²) in [6.07, 6.45) is 1.82. The predicted molar refractivity (Wildman–Crippen MR) is 107 cm³/mol. The fourth-order valence-electron chi connectivity index (χ4n) is 4.07. The molecule has 1 heterocycles. The largest absolute Gasteiger partial charge is 0.481 e. The lowest BCUT2D eigenvalue weighted by Gasteiger charge is -2.25. The van der Waals surface area contributed by atoms with E-state index >= 15 is 0 Å². The zero-order chi connectivity index (χ0) is 20.6. The van der Waals surface area contributed by atoms with Gasteiger partial charge < -0.3 is 9.67 Å². The number of halogens is 1. The molecule has 0 radical (unpaired) electrons. The van der Waals surface area contributed by atoms with E-state index in [1.807, 2.05) is 28.8 Å². The molecule has 0 saturated carbocycles. The molecule has 0 aliphatic heterocycles. The number of nitrogens with zero attached hydrogens (tertiary/aromatic N) is 1. The van der Waals surface area contributed by atoms with E-state index in [0.29, 0.717) is 25.8 Å². The quantitative estimate of drug-likeness (QED) is 0.646. The molecule has 0 fully saturated rings. The molecule has 4 rings (SSSR count). The number of rotatable bonds is 6. The van der Waals surface area contributed by atoms with E-state index in [9.17, 15) is 17.6 Å². The number of hydrogen-bond donors (Lipinski definition) is 2. The molecule has 0 bridgehead atoms. The van der Waals surface area contributed by atoms with E-state index in [-0.39, 0.29) is 17.4 Å². The minimum atomic E-state index is -3.75. The second-order valence-corrected chi connectivity index (χ2v) is 8.97. The molecule has 6 nitrogen and oxygen atoms in total. The molecule has 1 aliphatic rings. The van der Waals surface area contributed by atoms with Crippen LogP contribution in [0.4, 0.5) is 4.39 Å². The number of aryl methyl sites for hydroxylation is 1. The molecule has 8 heteroatoms. The summed E-state index contributed by atoms with van der Waals surface area (Å²) in [4.78, 5) is 11.1. The lowest BCUT2D eigenvalue weighted by Crippen LogP contribution is -2.39. The Morgan fingerprint density at radius 3 is 2.62 bits per heavy atom. The molecule has 2 N–H and O–H groups in total. The van der Waals surface area contributed by atoms with Gasteiger partial charge in [0.25, 0.3) is 0 Å². The number of sulfonamides is 1. The van der Waals surface area contributed by atoms with Crippen LogP contribution in [0.25, 0.3) is 10.9 Å². The van der Waals surface area contributed by atoms with Crippen molar-refractivity contribution >= 4 is 26.9 Å². The van der Waals surface area contributed by atoms with Gasteiger partial charge in [-0.05, 0) is 55.2 Å². The van der Waals surface area contributed by atoms with Gasteiger partial charge in [0.1, 0.15) is 5.82 Å². The normalized spacial score (nSPS) is 16.7. The average Bonchev–Trinajstić information content (AvgIpc) is 2.99. The van der Waals surface area contributed by atoms with E-state index in [0.717, 1.165) is 34.3 Å². The summed E-state index contributed by atoms with van der Waals surface area (Å²) >= 11 is 0.